The van der Waals surface area contributed by atoms with Crippen molar-refractivity contribution in [2.24, 2.45) is 11.8 Å². The molecule has 5 rings (SSSR count). The second-order valence-electron chi connectivity index (χ2n) is 8.46. The fourth-order valence-electron chi connectivity index (χ4n) is 5.20. The molecule has 0 aromatic heterocycles. The third-order valence-corrected chi connectivity index (χ3v) is 6.70. The zero-order valence-electron chi connectivity index (χ0n) is 18.4. The predicted molar refractivity (Wildman–Crippen MR) is 118 cm³/mol. The molecule has 0 bridgehead atoms. The molecule has 9 heteroatoms. The molecule has 6 nitrogen and oxygen atoms in total. The van der Waals surface area contributed by atoms with Crippen LogP contribution in [0.2, 0.25) is 0 Å². The zero-order chi connectivity index (χ0) is 24.9. The quantitative estimate of drug-likeness (QED) is 0.458. The van der Waals surface area contributed by atoms with Gasteiger partial charge >= 0.3 is 5.97 Å². The minimum absolute atomic E-state index is 0.145. The van der Waals surface area contributed by atoms with Crippen LogP contribution in [0.25, 0.3) is 0 Å². The van der Waals surface area contributed by atoms with E-state index in [4.69, 9.17) is 4.74 Å². The number of rotatable bonds is 4. The number of hydrogen-bond acceptors (Lipinski definition) is 5. The molecule has 1 N–H and O–H groups in total. The van der Waals surface area contributed by atoms with Crippen LogP contribution >= 0.6 is 0 Å². The summed E-state index contributed by atoms with van der Waals surface area (Å²) in [6.07, 6.45) is 0. The van der Waals surface area contributed by atoms with Gasteiger partial charge in [-0.25, -0.2) is 18.1 Å². The SMILES string of the molecule is COC(=O)C1NC(c2ccc(F)cc2)(c2ccc(F)cc2)C2C(=O)N(c3ccc(F)cc3)C(=O)C12. The van der Waals surface area contributed by atoms with Crippen LogP contribution in [0.4, 0.5) is 18.9 Å². The van der Waals surface area contributed by atoms with Crippen LogP contribution in [0, 0.1) is 29.3 Å². The van der Waals surface area contributed by atoms with Gasteiger partial charge in [0.15, 0.2) is 0 Å². The second kappa shape index (κ2) is 8.35. The lowest BCUT2D eigenvalue weighted by atomic mass is 9.71. The van der Waals surface area contributed by atoms with Crippen molar-refractivity contribution in [2.45, 2.75) is 11.6 Å². The van der Waals surface area contributed by atoms with Crippen molar-refractivity contribution in [1.82, 2.24) is 5.32 Å². The molecule has 2 aliphatic rings. The van der Waals surface area contributed by atoms with E-state index in [2.05, 4.69) is 5.32 Å². The topological polar surface area (TPSA) is 75.7 Å². The molecule has 0 spiro atoms. The molecular weight excluding hydrogens is 461 g/mol. The van der Waals surface area contributed by atoms with Gasteiger partial charge in [-0.05, 0) is 59.7 Å². The average molecular weight is 480 g/mol. The van der Waals surface area contributed by atoms with Crippen molar-refractivity contribution < 1.29 is 32.3 Å². The fraction of sp³-hybridized carbons (Fsp3) is 0.192. The van der Waals surface area contributed by atoms with E-state index in [0.29, 0.717) is 11.1 Å². The van der Waals surface area contributed by atoms with Gasteiger partial charge in [0.2, 0.25) is 11.8 Å². The minimum Gasteiger partial charge on any atom is -0.468 e. The van der Waals surface area contributed by atoms with E-state index in [-0.39, 0.29) is 5.69 Å². The predicted octanol–water partition coefficient (Wildman–Crippen LogP) is 3.30. The Morgan fingerprint density at radius 1 is 0.800 bits per heavy atom. The molecule has 2 heterocycles. The van der Waals surface area contributed by atoms with Crippen molar-refractivity contribution in [3.05, 3.63) is 101 Å². The summed E-state index contributed by atoms with van der Waals surface area (Å²) >= 11 is 0. The Balaban J connectivity index is 1.75. The molecule has 35 heavy (non-hydrogen) atoms. The van der Waals surface area contributed by atoms with Crippen molar-refractivity contribution in [3.63, 3.8) is 0 Å². The molecule has 2 amide bonds. The Kier molecular flexibility index (Phi) is 5.44. The first-order chi connectivity index (χ1) is 16.8. The number of amides is 2. The van der Waals surface area contributed by atoms with Crippen LogP contribution in [0.3, 0.4) is 0 Å². The summed E-state index contributed by atoms with van der Waals surface area (Å²) in [5, 5.41) is 3.12. The lowest BCUT2D eigenvalue weighted by Crippen LogP contribution is -2.52. The molecular formula is C26H19F3N2O4. The summed E-state index contributed by atoms with van der Waals surface area (Å²) in [5.74, 6) is -6.02. The van der Waals surface area contributed by atoms with E-state index in [1.807, 2.05) is 0 Å². The Bertz CT molecular complexity index is 1260. The number of esters is 1. The van der Waals surface area contributed by atoms with E-state index < -0.39 is 58.7 Å². The third kappa shape index (κ3) is 3.42. The maximum Gasteiger partial charge on any atom is 0.323 e. The van der Waals surface area contributed by atoms with Crippen LogP contribution in [-0.2, 0) is 24.7 Å². The number of carbonyl (C=O) groups is 3. The lowest BCUT2D eigenvalue weighted by Gasteiger charge is -2.36. The Morgan fingerprint density at radius 2 is 1.26 bits per heavy atom. The number of nitrogens with one attached hydrogen (secondary N) is 1. The highest BCUT2D eigenvalue weighted by molar-refractivity contribution is 6.24. The Morgan fingerprint density at radius 3 is 1.71 bits per heavy atom. The van der Waals surface area contributed by atoms with Gasteiger partial charge < -0.3 is 4.74 Å². The molecule has 3 unspecified atom stereocenters. The highest BCUT2D eigenvalue weighted by Gasteiger charge is 2.68. The van der Waals surface area contributed by atoms with E-state index in [9.17, 15) is 27.6 Å². The first-order valence-corrected chi connectivity index (χ1v) is 10.8. The average Bonchev–Trinajstić information content (AvgIpc) is 3.35. The van der Waals surface area contributed by atoms with E-state index in [1.54, 1.807) is 0 Å². The molecule has 178 valence electrons. The number of methoxy groups -OCH3 is 1. The minimum atomic E-state index is -1.49. The van der Waals surface area contributed by atoms with Gasteiger partial charge in [-0.15, -0.1) is 0 Å². The van der Waals surface area contributed by atoms with Crippen molar-refractivity contribution in [1.29, 1.82) is 0 Å². The highest BCUT2D eigenvalue weighted by atomic mass is 19.1. The third-order valence-electron chi connectivity index (χ3n) is 6.70. The molecule has 0 aliphatic carbocycles. The number of imide groups is 1. The maximum atomic E-state index is 13.9. The van der Waals surface area contributed by atoms with Gasteiger partial charge in [-0.3, -0.25) is 19.7 Å². The molecule has 0 saturated carbocycles. The summed E-state index contributed by atoms with van der Waals surface area (Å²) < 4.78 is 46.1. The molecule has 3 atom stereocenters. The van der Waals surface area contributed by atoms with Crippen molar-refractivity contribution in [3.8, 4) is 0 Å². The van der Waals surface area contributed by atoms with E-state index in [0.717, 1.165) is 24.1 Å². The van der Waals surface area contributed by atoms with E-state index in [1.165, 1.54) is 60.7 Å². The smallest absolute Gasteiger partial charge is 0.323 e. The molecule has 3 aromatic rings. The van der Waals surface area contributed by atoms with Crippen molar-refractivity contribution >= 4 is 23.5 Å². The molecule has 2 fully saturated rings. The number of carbonyl (C=O) groups excluding carboxylic acids is 3. The number of anilines is 1. The number of benzene rings is 3. The van der Waals surface area contributed by atoms with Crippen LogP contribution in [0.5, 0.6) is 0 Å². The standard InChI is InChI=1S/C26H19F3N2O4/c1-35-25(34)22-20-21(24(33)31(23(20)32)19-12-10-18(29)11-13-19)26(30-22,14-2-6-16(27)7-3-14)15-4-8-17(28)9-5-15/h2-13,20-22,30H,1H3. The van der Waals surface area contributed by atoms with Gasteiger partial charge in [0.05, 0.1) is 30.2 Å². The van der Waals surface area contributed by atoms with Crippen LogP contribution < -0.4 is 10.2 Å². The fourth-order valence-corrected chi connectivity index (χ4v) is 5.20. The van der Waals surface area contributed by atoms with Crippen LogP contribution in [-0.4, -0.2) is 30.9 Å². The normalized spacial score (nSPS) is 22.9. The Hall–Kier alpha value is -3.98. The lowest BCUT2D eigenvalue weighted by molar-refractivity contribution is -0.145. The zero-order valence-corrected chi connectivity index (χ0v) is 18.4. The first kappa shape index (κ1) is 22.8. The molecule has 2 aliphatic heterocycles. The summed E-state index contributed by atoms with van der Waals surface area (Å²) in [4.78, 5) is 41.3. The van der Waals surface area contributed by atoms with Crippen LogP contribution in [0.1, 0.15) is 11.1 Å². The molecule has 2 saturated heterocycles. The largest absolute Gasteiger partial charge is 0.468 e. The summed E-state index contributed by atoms with van der Waals surface area (Å²) in [6, 6.07) is 14.2. The molecule has 3 aromatic carbocycles. The summed E-state index contributed by atoms with van der Waals surface area (Å²) in [6.45, 7) is 0. The van der Waals surface area contributed by atoms with Crippen molar-refractivity contribution in [2.75, 3.05) is 12.0 Å². The van der Waals surface area contributed by atoms with E-state index >= 15 is 0 Å². The molecule has 0 radical (unpaired) electrons. The second-order valence-corrected chi connectivity index (χ2v) is 8.46. The van der Waals surface area contributed by atoms with Gasteiger partial charge in [-0.1, -0.05) is 24.3 Å². The van der Waals surface area contributed by atoms with Gasteiger partial charge in [0, 0.05) is 0 Å². The highest BCUT2D eigenvalue weighted by Crippen LogP contribution is 2.52. The van der Waals surface area contributed by atoms with Gasteiger partial charge in [0.25, 0.3) is 0 Å². The number of nitrogens with zero attached hydrogens (tertiary/aromatic N) is 1. The number of fused-ring (bicyclic) bond motifs is 1. The van der Waals surface area contributed by atoms with Crippen LogP contribution in [0.15, 0.2) is 72.8 Å². The summed E-state index contributed by atoms with van der Waals surface area (Å²) in [7, 11) is 1.16. The number of ether oxygens (including phenoxy) is 1. The number of halogens is 3. The van der Waals surface area contributed by atoms with Gasteiger partial charge in [0.1, 0.15) is 23.5 Å². The number of hydrogen-bond donors (Lipinski definition) is 1. The Labute approximate surface area is 198 Å². The van der Waals surface area contributed by atoms with Gasteiger partial charge in [-0.2, -0.15) is 0 Å². The maximum absolute atomic E-state index is 13.9. The summed E-state index contributed by atoms with van der Waals surface area (Å²) in [5.41, 5.74) is -0.554. The monoisotopic (exact) mass is 480 g/mol. The first-order valence-electron chi connectivity index (χ1n) is 10.8.